The van der Waals surface area contributed by atoms with Crippen molar-refractivity contribution in [3.05, 3.63) is 69.7 Å². The lowest BCUT2D eigenvalue weighted by Crippen LogP contribution is -2.12. The molecule has 202 valence electrons. The van der Waals surface area contributed by atoms with Crippen LogP contribution >= 0.6 is 22.7 Å². The van der Waals surface area contributed by atoms with Crippen LogP contribution in [0.4, 0.5) is 31.5 Å². The van der Waals surface area contributed by atoms with Gasteiger partial charge < -0.3 is 4.74 Å². The van der Waals surface area contributed by atoms with Gasteiger partial charge in [0.2, 0.25) is 10.1 Å². The maximum atomic E-state index is 12.8. The van der Waals surface area contributed by atoms with Crippen molar-refractivity contribution in [1.82, 2.24) is 15.2 Å². The molecule has 0 amide bonds. The van der Waals surface area contributed by atoms with E-state index < -0.39 is 38.1 Å². The summed E-state index contributed by atoms with van der Waals surface area (Å²) >= 11 is 1.41. The Morgan fingerprint density at radius 1 is 0.895 bits per heavy atom. The van der Waals surface area contributed by atoms with Crippen LogP contribution in [0.1, 0.15) is 21.1 Å². The SMILES string of the molecule is Cc1sc(-c2ccc(C(F)(F)F)cc2)nc1CCOc1ccc(S(=O)(=O)Nc2nnc(C(F)(F)F)s2)cc1. The maximum Gasteiger partial charge on any atom is 0.445 e. The quantitative estimate of drug-likeness (QED) is 0.236. The van der Waals surface area contributed by atoms with E-state index in [4.69, 9.17) is 4.74 Å². The Kier molecular flexibility index (Phi) is 7.67. The molecule has 4 aromatic rings. The fourth-order valence-electron chi connectivity index (χ4n) is 3.12. The smallest absolute Gasteiger partial charge is 0.445 e. The molecule has 0 fully saturated rings. The molecule has 0 aliphatic heterocycles. The number of aryl methyl sites for hydroxylation is 1. The van der Waals surface area contributed by atoms with Crippen molar-refractivity contribution >= 4 is 37.8 Å². The molecule has 1 N–H and O–H groups in total. The van der Waals surface area contributed by atoms with Gasteiger partial charge in [0.05, 0.1) is 22.8 Å². The average Bonchev–Trinajstić information content (AvgIpc) is 3.45. The number of ether oxygens (including phenoxy) is 1. The Labute approximate surface area is 220 Å². The average molecular weight is 595 g/mol. The van der Waals surface area contributed by atoms with Crippen LogP contribution in [0.5, 0.6) is 5.75 Å². The van der Waals surface area contributed by atoms with Gasteiger partial charge in [0, 0.05) is 16.9 Å². The number of halogens is 6. The molecule has 2 aromatic heterocycles. The number of benzene rings is 2. The highest BCUT2D eigenvalue weighted by molar-refractivity contribution is 7.93. The maximum absolute atomic E-state index is 12.8. The van der Waals surface area contributed by atoms with Crippen molar-refractivity contribution in [2.75, 3.05) is 11.3 Å². The molecule has 4 rings (SSSR count). The van der Waals surface area contributed by atoms with Gasteiger partial charge in [0.1, 0.15) is 10.8 Å². The number of thiazole rings is 1. The number of anilines is 1. The Bertz CT molecular complexity index is 1510. The molecule has 0 aliphatic rings. The van der Waals surface area contributed by atoms with E-state index in [9.17, 15) is 34.8 Å². The highest BCUT2D eigenvalue weighted by Crippen LogP contribution is 2.34. The van der Waals surface area contributed by atoms with Gasteiger partial charge in [0.25, 0.3) is 10.0 Å². The second-order valence-corrected chi connectivity index (χ2v) is 11.5. The van der Waals surface area contributed by atoms with Crippen LogP contribution in [0, 0.1) is 6.92 Å². The minimum atomic E-state index is -4.73. The third-order valence-corrected chi connectivity index (χ3v) is 8.41. The molecule has 0 saturated heterocycles. The summed E-state index contributed by atoms with van der Waals surface area (Å²) in [6.07, 6.45) is -8.76. The minimum absolute atomic E-state index is 0.0640. The predicted molar refractivity (Wildman–Crippen MR) is 129 cm³/mol. The number of hydrogen-bond donors (Lipinski definition) is 1. The first-order valence-corrected chi connectivity index (χ1v) is 13.6. The largest absolute Gasteiger partial charge is 0.493 e. The monoisotopic (exact) mass is 594 g/mol. The summed E-state index contributed by atoms with van der Waals surface area (Å²) in [6, 6.07) is 9.96. The molecule has 0 aliphatic carbocycles. The summed E-state index contributed by atoms with van der Waals surface area (Å²) in [6.45, 7) is 2.02. The molecule has 7 nitrogen and oxygen atoms in total. The van der Waals surface area contributed by atoms with E-state index >= 15 is 0 Å². The van der Waals surface area contributed by atoms with Gasteiger partial charge in [-0.2, -0.15) is 26.3 Å². The second kappa shape index (κ2) is 10.5. The summed E-state index contributed by atoms with van der Waals surface area (Å²) in [4.78, 5) is 5.15. The van der Waals surface area contributed by atoms with Crippen molar-refractivity contribution < 1.29 is 39.5 Å². The number of rotatable bonds is 8. The van der Waals surface area contributed by atoms with Crippen molar-refractivity contribution in [3.8, 4) is 16.3 Å². The van der Waals surface area contributed by atoms with Gasteiger partial charge in [-0.15, -0.1) is 21.5 Å². The number of alkyl halides is 6. The number of nitrogens with zero attached hydrogens (tertiary/aromatic N) is 3. The summed E-state index contributed by atoms with van der Waals surface area (Å²) in [5, 5.41) is 4.91. The summed E-state index contributed by atoms with van der Waals surface area (Å²) in [7, 11) is -4.20. The van der Waals surface area contributed by atoms with Crippen molar-refractivity contribution in [2.45, 2.75) is 30.6 Å². The molecule has 0 bridgehead atoms. The summed E-state index contributed by atoms with van der Waals surface area (Å²) < 4.78 is 109. The van der Waals surface area contributed by atoms with E-state index in [2.05, 4.69) is 15.2 Å². The highest BCUT2D eigenvalue weighted by atomic mass is 32.2. The third kappa shape index (κ3) is 6.60. The molecular formula is C22H16F6N4O3S3. The minimum Gasteiger partial charge on any atom is -0.493 e. The van der Waals surface area contributed by atoms with E-state index in [1.54, 1.807) is 0 Å². The first-order valence-electron chi connectivity index (χ1n) is 10.5. The number of hydrogen-bond acceptors (Lipinski definition) is 8. The fourth-order valence-corrected chi connectivity index (χ4v) is 5.92. The Morgan fingerprint density at radius 3 is 2.13 bits per heavy atom. The lowest BCUT2D eigenvalue weighted by molar-refractivity contribution is -0.138. The third-order valence-electron chi connectivity index (χ3n) is 4.98. The molecule has 16 heteroatoms. The van der Waals surface area contributed by atoms with Crippen LogP contribution in [0.15, 0.2) is 53.4 Å². The topological polar surface area (TPSA) is 94.1 Å². The van der Waals surface area contributed by atoms with Gasteiger partial charge in [-0.05, 0) is 43.3 Å². The summed E-state index contributed by atoms with van der Waals surface area (Å²) in [5.74, 6) is 0.343. The second-order valence-electron chi connectivity index (χ2n) is 7.68. The van der Waals surface area contributed by atoms with Gasteiger partial charge >= 0.3 is 12.4 Å². The van der Waals surface area contributed by atoms with Crippen LogP contribution in [0.25, 0.3) is 10.6 Å². The molecule has 0 atom stereocenters. The van der Waals surface area contributed by atoms with Gasteiger partial charge in [-0.25, -0.2) is 13.4 Å². The Morgan fingerprint density at radius 2 is 1.55 bits per heavy atom. The zero-order valence-electron chi connectivity index (χ0n) is 19.1. The molecule has 0 saturated carbocycles. The van der Waals surface area contributed by atoms with Crippen LogP contribution in [0.3, 0.4) is 0 Å². The van der Waals surface area contributed by atoms with Crippen molar-refractivity contribution in [3.63, 3.8) is 0 Å². The van der Waals surface area contributed by atoms with E-state index in [1.807, 2.05) is 11.6 Å². The lowest BCUT2D eigenvalue weighted by Gasteiger charge is -2.08. The first-order chi connectivity index (χ1) is 17.7. The van der Waals surface area contributed by atoms with Crippen LogP contribution in [-0.2, 0) is 28.8 Å². The van der Waals surface area contributed by atoms with Gasteiger partial charge in [-0.3, -0.25) is 4.72 Å². The van der Waals surface area contributed by atoms with Gasteiger partial charge in [0.15, 0.2) is 0 Å². The fraction of sp³-hybridized carbons (Fsp3) is 0.227. The van der Waals surface area contributed by atoms with Gasteiger partial charge in [-0.1, -0.05) is 23.5 Å². The predicted octanol–water partition coefficient (Wildman–Crippen LogP) is 6.43. The molecule has 2 aromatic carbocycles. The van der Waals surface area contributed by atoms with Crippen molar-refractivity contribution in [1.29, 1.82) is 0 Å². The molecule has 0 spiro atoms. The van der Waals surface area contributed by atoms with E-state index in [-0.39, 0.29) is 22.8 Å². The van der Waals surface area contributed by atoms with E-state index in [1.165, 1.54) is 47.7 Å². The molecule has 38 heavy (non-hydrogen) atoms. The number of sulfonamides is 1. The Balaban J connectivity index is 1.34. The zero-order chi connectivity index (χ0) is 27.7. The van der Waals surface area contributed by atoms with Crippen LogP contribution in [-0.4, -0.2) is 30.2 Å². The zero-order valence-corrected chi connectivity index (χ0v) is 21.5. The molecular weight excluding hydrogens is 578 g/mol. The standard InChI is InChI=1S/C22H16F6N4O3S3/c1-12-17(29-18(36-12)13-2-4-14(5-3-13)21(23,24)25)10-11-35-15-6-8-16(9-7-15)38(33,34)32-20-31-30-19(37-20)22(26,27)28/h2-9H,10-11H2,1H3,(H,31,32). The highest BCUT2D eigenvalue weighted by Gasteiger charge is 2.36. The first kappa shape index (κ1) is 27.8. The molecule has 2 heterocycles. The summed E-state index contributed by atoms with van der Waals surface area (Å²) in [5.41, 5.74) is 0.531. The normalized spacial score (nSPS) is 12.5. The molecule has 0 radical (unpaired) electrons. The van der Waals surface area contributed by atoms with Crippen LogP contribution < -0.4 is 9.46 Å². The van der Waals surface area contributed by atoms with Crippen molar-refractivity contribution in [2.24, 2.45) is 0 Å². The Hall–Kier alpha value is -3.24. The number of nitrogens with one attached hydrogen (secondary N) is 1. The molecule has 0 unspecified atom stereocenters. The van der Waals surface area contributed by atoms with E-state index in [0.717, 1.165) is 17.0 Å². The van der Waals surface area contributed by atoms with Crippen LogP contribution in [0.2, 0.25) is 0 Å². The lowest BCUT2D eigenvalue weighted by atomic mass is 10.1. The van der Waals surface area contributed by atoms with E-state index in [0.29, 0.717) is 28.4 Å². The number of aromatic nitrogens is 3.